The van der Waals surface area contributed by atoms with E-state index >= 15 is 0 Å². The Balaban J connectivity index is 2.05. The van der Waals surface area contributed by atoms with E-state index in [1.807, 2.05) is 4.90 Å². The summed E-state index contributed by atoms with van der Waals surface area (Å²) < 4.78 is 0.783. The van der Waals surface area contributed by atoms with Crippen LogP contribution in [0, 0.1) is 5.92 Å². The molecule has 1 heterocycles. The van der Waals surface area contributed by atoms with Crippen molar-refractivity contribution in [1.29, 1.82) is 0 Å². The van der Waals surface area contributed by atoms with Crippen molar-refractivity contribution in [3.63, 3.8) is 0 Å². The van der Waals surface area contributed by atoms with Gasteiger partial charge in [0.1, 0.15) is 5.75 Å². The molecule has 1 atom stereocenters. The van der Waals surface area contributed by atoms with E-state index < -0.39 is 0 Å². The van der Waals surface area contributed by atoms with Crippen LogP contribution >= 0.6 is 15.9 Å². The Morgan fingerprint density at radius 1 is 1.40 bits per heavy atom. The number of hydrogen-bond acceptors (Lipinski definition) is 2. The maximum absolute atomic E-state index is 12.5. The number of amides is 1. The Hall–Kier alpha value is -1.03. The summed E-state index contributed by atoms with van der Waals surface area (Å²) >= 11 is 3.29. The molecule has 0 bridgehead atoms. The first-order chi connectivity index (χ1) is 9.61. The highest BCUT2D eigenvalue weighted by molar-refractivity contribution is 9.10. The van der Waals surface area contributed by atoms with Gasteiger partial charge in [0.05, 0.1) is 5.56 Å². The van der Waals surface area contributed by atoms with Crippen LogP contribution in [0.2, 0.25) is 0 Å². The van der Waals surface area contributed by atoms with E-state index in [-0.39, 0.29) is 11.7 Å². The summed E-state index contributed by atoms with van der Waals surface area (Å²) in [6, 6.07) is 5.06. The van der Waals surface area contributed by atoms with Gasteiger partial charge < -0.3 is 10.0 Å². The quantitative estimate of drug-likeness (QED) is 0.896. The molecule has 20 heavy (non-hydrogen) atoms. The van der Waals surface area contributed by atoms with Crippen LogP contribution in [0.5, 0.6) is 5.75 Å². The van der Waals surface area contributed by atoms with Crippen molar-refractivity contribution in [2.24, 2.45) is 5.92 Å². The maximum Gasteiger partial charge on any atom is 0.257 e. The zero-order valence-electron chi connectivity index (χ0n) is 11.9. The van der Waals surface area contributed by atoms with Crippen LogP contribution < -0.4 is 0 Å². The van der Waals surface area contributed by atoms with Crippen molar-refractivity contribution in [3.8, 4) is 5.75 Å². The number of aromatic hydroxyl groups is 1. The lowest BCUT2D eigenvalue weighted by atomic mass is 9.96. The zero-order chi connectivity index (χ0) is 14.5. The number of nitrogens with zero attached hydrogens (tertiary/aromatic N) is 1. The molecule has 0 spiro atoms. The summed E-state index contributed by atoms with van der Waals surface area (Å²) in [5.74, 6) is 0.752. The Morgan fingerprint density at radius 2 is 2.20 bits per heavy atom. The van der Waals surface area contributed by atoms with E-state index in [2.05, 4.69) is 22.9 Å². The minimum atomic E-state index is -0.0489. The van der Waals surface area contributed by atoms with Crippen LogP contribution in [0.4, 0.5) is 0 Å². The van der Waals surface area contributed by atoms with Gasteiger partial charge in [-0.05, 0) is 43.4 Å². The van der Waals surface area contributed by atoms with Crippen molar-refractivity contribution in [3.05, 3.63) is 28.2 Å². The molecule has 2 rings (SSSR count). The molecule has 3 nitrogen and oxygen atoms in total. The van der Waals surface area contributed by atoms with Gasteiger partial charge in [0.2, 0.25) is 0 Å². The van der Waals surface area contributed by atoms with Crippen LogP contribution in [0.1, 0.15) is 49.4 Å². The van der Waals surface area contributed by atoms with Gasteiger partial charge in [-0.1, -0.05) is 35.7 Å². The largest absolute Gasteiger partial charge is 0.507 e. The number of hydrogen-bond donors (Lipinski definition) is 1. The second kappa shape index (κ2) is 7.11. The van der Waals surface area contributed by atoms with Gasteiger partial charge in [-0.2, -0.15) is 0 Å². The number of phenolic OH excluding ortho intramolecular Hbond substituents is 1. The molecule has 1 aromatic rings. The molecular weight excluding hydrogens is 318 g/mol. The fourth-order valence-corrected chi connectivity index (χ4v) is 3.27. The standard InChI is InChI=1S/C16H22BrNO2/c1-2-4-12-5-3-9-18(10-8-12)16(20)14-7-6-13(17)11-15(14)19/h6-7,11-12,19H,2-5,8-10H2,1H3. The molecule has 1 N–H and O–H groups in total. The Morgan fingerprint density at radius 3 is 2.90 bits per heavy atom. The van der Waals surface area contributed by atoms with Crippen molar-refractivity contribution >= 4 is 21.8 Å². The molecule has 1 saturated heterocycles. The predicted octanol–water partition coefficient (Wildman–Crippen LogP) is 4.20. The smallest absolute Gasteiger partial charge is 0.257 e. The lowest BCUT2D eigenvalue weighted by Gasteiger charge is -2.21. The zero-order valence-corrected chi connectivity index (χ0v) is 13.5. The van der Waals surface area contributed by atoms with Crippen LogP contribution in [-0.4, -0.2) is 29.0 Å². The number of phenols is 1. The summed E-state index contributed by atoms with van der Waals surface area (Å²) in [4.78, 5) is 14.4. The lowest BCUT2D eigenvalue weighted by molar-refractivity contribution is 0.0757. The maximum atomic E-state index is 12.5. The van der Waals surface area contributed by atoms with Crippen LogP contribution in [0.15, 0.2) is 22.7 Å². The van der Waals surface area contributed by atoms with Crippen LogP contribution in [-0.2, 0) is 0 Å². The Labute approximate surface area is 129 Å². The summed E-state index contributed by atoms with van der Waals surface area (Å²) in [6.07, 6.45) is 5.83. The minimum Gasteiger partial charge on any atom is -0.507 e. The molecule has 1 unspecified atom stereocenters. The number of likely N-dealkylation sites (tertiary alicyclic amines) is 1. The third-order valence-corrected chi connectivity index (χ3v) is 4.52. The van der Waals surface area contributed by atoms with E-state index in [0.29, 0.717) is 5.56 Å². The van der Waals surface area contributed by atoms with Gasteiger partial charge in [0, 0.05) is 17.6 Å². The van der Waals surface area contributed by atoms with Gasteiger partial charge in [0.25, 0.3) is 5.91 Å². The second-order valence-corrected chi connectivity index (χ2v) is 6.45. The highest BCUT2D eigenvalue weighted by Gasteiger charge is 2.22. The molecule has 1 aliphatic rings. The molecule has 110 valence electrons. The van der Waals surface area contributed by atoms with Crippen molar-refractivity contribution in [2.75, 3.05) is 13.1 Å². The van der Waals surface area contributed by atoms with E-state index in [0.717, 1.165) is 36.3 Å². The SMILES string of the molecule is CCCC1CCCN(C(=O)c2ccc(Br)cc2O)CC1. The molecule has 0 saturated carbocycles. The molecule has 1 aromatic carbocycles. The van der Waals surface area contributed by atoms with E-state index in [4.69, 9.17) is 0 Å². The van der Waals surface area contributed by atoms with Crippen LogP contribution in [0.25, 0.3) is 0 Å². The highest BCUT2D eigenvalue weighted by Crippen LogP contribution is 2.26. The minimum absolute atomic E-state index is 0.0489. The van der Waals surface area contributed by atoms with Gasteiger partial charge in [0.15, 0.2) is 0 Å². The number of carbonyl (C=O) groups is 1. The molecule has 0 aliphatic carbocycles. The molecule has 0 radical (unpaired) electrons. The molecule has 0 aromatic heterocycles. The molecular formula is C16H22BrNO2. The average Bonchev–Trinajstić information content (AvgIpc) is 2.64. The fourth-order valence-electron chi connectivity index (χ4n) is 2.92. The number of benzene rings is 1. The Kier molecular flexibility index (Phi) is 5.46. The van der Waals surface area contributed by atoms with E-state index in [1.54, 1.807) is 18.2 Å². The number of rotatable bonds is 3. The number of halogens is 1. The first-order valence-corrected chi connectivity index (χ1v) is 8.19. The van der Waals surface area contributed by atoms with Gasteiger partial charge in [-0.15, -0.1) is 0 Å². The first-order valence-electron chi connectivity index (χ1n) is 7.39. The van der Waals surface area contributed by atoms with E-state index in [9.17, 15) is 9.90 Å². The number of carbonyl (C=O) groups excluding carboxylic acids is 1. The lowest BCUT2D eigenvalue weighted by Crippen LogP contribution is -2.32. The summed E-state index contributed by atoms with van der Waals surface area (Å²) in [6.45, 7) is 3.82. The summed E-state index contributed by atoms with van der Waals surface area (Å²) in [5.41, 5.74) is 0.405. The second-order valence-electron chi connectivity index (χ2n) is 5.54. The predicted molar refractivity (Wildman–Crippen MR) is 84.0 cm³/mol. The Bertz CT molecular complexity index is 476. The molecule has 4 heteroatoms. The normalized spacial score (nSPS) is 19.7. The monoisotopic (exact) mass is 339 g/mol. The summed E-state index contributed by atoms with van der Waals surface area (Å²) in [5, 5.41) is 9.92. The molecule has 1 aliphatic heterocycles. The third kappa shape index (κ3) is 3.75. The van der Waals surface area contributed by atoms with Crippen LogP contribution in [0.3, 0.4) is 0 Å². The summed E-state index contributed by atoms with van der Waals surface area (Å²) in [7, 11) is 0. The van der Waals surface area contributed by atoms with Gasteiger partial charge >= 0.3 is 0 Å². The van der Waals surface area contributed by atoms with E-state index in [1.165, 1.54) is 19.3 Å². The third-order valence-electron chi connectivity index (χ3n) is 4.02. The average molecular weight is 340 g/mol. The van der Waals surface area contributed by atoms with Crippen molar-refractivity contribution in [2.45, 2.75) is 39.0 Å². The highest BCUT2D eigenvalue weighted by atomic mass is 79.9. The van der Waals surface area contributed by atoms with Gasteiger partial charge in [-0.3, -0.25) is 4.79 Å². The topological polar surface area (TPSA) is 40.5 Å². The molecule has 1 amide bonds. The fraction of sp³-hybridized carbons (Fsp3) is 0.562. The van der Waals surface area contributed by atoms with Gasteiger partial charge in [-0.25, -0.2) is 0 Å². The first kappa shape index (κ1) is 15.4. The van der Waals surface area contributed by atoms with Crippen molar-refractivity contribution in [1.82, 2.24) is 4.90 Å². The molecule has 1 fully saturated rings. The van der Waals surface area contributed by atoms with Crippen molar-refractivity contribution < 1.29 is 9.90 Å².